The number of carbonyl (C=O) groups is 3. The molecule has 2 aliphatic heterocycles. The lowest BCUT2D eigenvalue weighted by molar-refractivity contribution is -0.139. The number of urea groups is 1. The molecule has 0 spiro atoms. The maximum Gasteiger partial charge on any atom is 0.321 e. The molecular formula is C22H31FN4O4. The Morgan fingerprint density at radius 2 is 1.71 bits per heavy atom. The summed E-state index contributed by atoms with van der Waals surface area (Å²) in [5.41, 5.74) is 0.527. The first kappa shape index (κ1) is 23.0. The van der Waals surface area contributed by atoms with Gasteiger partial charge in [0, 0.05) is 58.3 Å². The van der Waals surface area contributed by atoms with Gasteiger partial charge in [-0.1, -0.05) is 0 Å². The molecule has 3 amide bonds. The SMILES string of the molecule is CC(=O)N1CCN(CC[C@@H]2CN(C(=O)Nc3ccc(F)cc3)CC[C@H]2CC(=O)O)CC1. The lowest BCUT2D eigenvalue weighted by Crippen LogP contribution is -2.50. The number of nitrogens with zero attached hydrogens (tertiary/aromatic N) is 3. The Morgan fingerprint density at radius 3 is 2.32 bits per heavy atom. The minimum Gasteiger partial charge on any atom is -0.481 e. The Bertz CT molecular complexity index is 780. The maximum absolute atomic E-state index is 13.1. The van der Waals surface area contributed by atoms with Crippen molar-refractivity contribution in [1.29, 1.82) is 0 Å². The number of carboxylic acids is 1. The molecule has 0 unspecified atom stereocenters. The van der Waals surface area contributed by atoms with E-state index in [1.807, 2.05) is 4.90 Å². The molecule has 0 saturated carbocycles. The van der Waals surface area contributed by atoms with Gasteiger partial charge in [-0.15, -0.1) is 0 Å². The topological polar surface area (TPSA) is 93.2 Å². The lowest BCUT2D eigenvalue weighted by atomic mass is 9.81. The predicted octanol–water partition coefficient (Wildman–Crippen LogP) is 2.32. The van der Waals surface area contributed by atoms with Crippen LogP contribution in [0.15, 0.2) is 24.3 Å². The van der Waals surface area contributed by atoms with Gasteiger partial charge < -0.3 is 20.2 Å². The van der Waals surface area contributed by atoms with Crippen molar-refractivity contribution in [2.75, 3.05) is 51.1 Å². The fourth-order valence-electron chi connectivity index (χ4n) is 4.46. The van der Waals surface area contributed by atoms with Gasteiger partial charge in [-0.3, -0.25) is 14.5 Å². The van der Waals surface area contributed by atoms with E-state index in [0.29, 0.717) is 38.3 Å². The third-order valence-electron chi connectivity index (χ3n) is 6.34. The fraction of sp³-hybridized carbons (Fsp3) is 0.591. The van der Waals surface area contributed by atoms with Gasteiger partial charge in [-0.25, -0.2) is 9.18 Å². The van der Waals surface area contributed by atoms with Crippen molar-refractivity contribution in [2.24, 2.45) is 11.8 Å². The van der Waals surface area contributed by atoms with E-state index in [1.54, 1.807) is 11.8 Å². The van der Waals surface area contributed by atoms with Crippen molar-refractivity contribution >= 4 is 23.6 Å². The molecule has 0 radical (unpaired) electrons. The van der Waals surface area contributed by atoms with Crippen molar-refractivity contribution in [2.45, 2.75) is 26.2 Å². The van der Waals surface area contributed by atoms with Gasteiger partial charge in [0.15, 0.2) is 0 Å². The van der Waals surface area contributed by atoms with Crippen LogP contribution in [-0.4, -0.2) is 83.5 Å². The van der Waals surface area contributed by atoms with Crippen LogP contribution in [0.5, 0.6) is 0 Å². The number of carboxylic acid groups (broad SMARTS) is 1. The molecule has 8 nitrogen and oxygen atoms in total. The lowest BCUT2D eigenvalue weighted by Gasteiger charge is -2.40. The summed E-state index contributed by atoms with van der Waals surface area (Å²) in [7, 11) is 0. The molecule has 0 aliphatic carbocycles. The van der Waals surface area contributed by atoms with E-state index in [9.17, 15) is 23.9 Å². The average molecular weight is 435 g/mol. The summed E-state index contributed by atoms with van der Waals surface area (Å²) in [4.78, 5) is 41.4. The van der Waals surface area contributed by atoms with Crippen LogP contribution in [0.4, 0.5) is 14.9 Å². The molecule has 0 aromatic heterocycles. The van der Waals surface area contributed by atoms with Gasteiger partial charge >= 0.3 is 12.0 Å². The molecular weight excluding hydrogens is 403 g/mol. The Balaban J connectivity index is 1.55. The molecule has 170 valence electrons. The van der Waals surface area contributed by atoms with Crippen LogP contribution >= 0.6 is 0 Å². The van der Waals surface area contributed by atoms with Crippen molar-refractivity contribution in [3.63, 3.8) is 0 Å². The zero-order valence-corrected chi connectivity index (χ0v) is 17.9. The summed E-state index contributed by atoms with van der Waals surface area (Å²) in [6.45, 7) is 6.45. The molecule has 1 aromatic carbocycles. The summed E-state index contributed by atoms with van der Waals surface area (Å²) in [5, 5.41) is 12.1. The Hall–Kier alpha value is -2.68. The molecule has 2 heterocycles. The normalized spacial score (nSPS) is 22.3. The number of hydrogen-bond donors (Lipinski definition) is 2. The number of hydrogen-bond acceptors (Lipinski definition) is 4. The number of carbonyl (C=O) groups excluding carboxylic acids is 2. The summed E-state index contributed by atoms with van der Waals surface area (Å²) < 4.78 is 13.1. The van der Waals surface area contributed by atoms with Crippen molar-refractivity contribution in [3.05, 3.63) is 30.1 Å². The highest BCUT2D eigenvalue weighted by atomic mass is 19.1. The molecule has 2 aliphatic rings. The Morgan fingerprint density at radius 1 is 1.03 bits per heavy atom. The van der Waals surface area contributed by atoms with Crippen LogP contribution in [0.3, 0.4) is 0 Å². The Labute approximate surface area is 182 Å². The van der Waals surface area contributed by atoms with E-state index < -0.39 is 5.97 Å². The van der Waals surface area contributed by atoms with Gasteiger partial charge in [0.2, 0.25) is 5.91 Å². The summed E-state index contributed by atoms with van der Waals surface area (Å²) >= 11 is 0. The van der Waals surface area contributed by atoms with Crippen LogP contribution in [0.25, 0.3) is 0 Å². The van der Waals surface area contributed by atoms with Gasteiger partial charge in [0.1, 0.15) is 5.82 Å². The second-order valence-electron chi connectivity index (χ2n) is 8.43. The number of rotatable bonds is 6. The van der Waals surface area contributed by atoms with Crippen LogP contribution in [-0.2, 0) is 9.59 Å². The number of nitrogens with one attached hydrogen (secondary N) is 1. The molecule has 2 atom stereocenters. The summed E-state index contributed by atoms with van der Waals surface area (Å²) in [5.74, 6) is -0.956. The highest BCUT2D eigenvalue weighted by molar-refractivity contribution is 5.89. The highest BCUT2D eigenvalue weighted by Gasteiger charge is 2.33. The standard InChI is InChI=1S/C22H31FN4O4/c1-16(28)26-12-10-25(11-13-26)8-6-18-15-27(9-7-17(18)14-21(29)30)22(31)24-20-4-2-19(23)3-5-20/h2-5,17-18H,6-15H2,1H3,(H,24,31)(H,29,30)/t17-,18+/m0/s1. The number of halogens is 1. The largest absolute Gasteiger partial charge is 0.481 e. The quantitative estimate of drug-likeness (QED) is 0.717. The van der Waals surface area contributed by atoms with Gasteiger partial charge in [-0.05, 0) is 55.5 Å². The zero-order chi connectivity index (χ0) is 22.4. The van der Waals surface area contributed by atoms with Crippen LogP contribution in [0.2, 0.25) is 0 Å². The summed E-state index contributed by atoms with van der Waals surface area (Å²) in [6.07, 6.45) is 1.56. The van der Waals surface area contributed by atoms with E-state index in [2.05, 4.69) is 10.2 Å². The monoisotopic (exact) mass is 434 g/mol. The third-order valence-corrected chi connectivity index (χ3v) is 6.34. The van der Waals surface area contributed by atoms with E-state index in [4.69, 9.17) is 0 Å². The Kier molecular flexibility index (Phi) is 7.84. The zero-order valence-electron chi connectivity index (χ0n) is 17.9. The minimum atomic E-state index is -0.811. The van der Waals surface area contributed by atoms with E-state index in [-0.39, 0.29) is 36.0 Å². The summed E-state index contributed by atoms with van der Waals surface area (Å²) in [6, 6.07) is 5.37. The number of amides is 3. The molecule has 9 heteroatoms. The number of benzene rings is 1. The molecule has 2 fully saturated rings. The van der Waals surface area contributed by atoms with E-state index >= 15 is 0 Å². The van der Waals surface area contributed by atoms with Gasteiger partial charge in [0.05, 0.1) is 0 Å². The first-order valence-corrected chi connectivity index (χ1v) is 10.8. The molecule has 0 bridgehead atoms. The minimum absolute atomic E-state index is 0.0332. The van der Waals surface area contributed by atoms with Gasteiger partial charge in [0.25, 0.3) is 0 Å². The first-order valence-electron chi connectivity index (χ1n) is 10.8. The average Bonchev–Trinajstić information content (AvgIpc) is 2.74. The van der Waals surface area contributed by atoms with E-state index in [0.717, 1.165) is 26.1 Å². The number of anilines is 1. The fourth-order valence-corrected chi connectivity index (χ4v) is 4.46. The van der Waals surface area contributed by atoms with Crippen LogP contribution in [0.1, 0.15) is 26.2 Å². The molecule has 3 rings (SSSR count). The maximum atomic E-state index is 13.1. The number of aliphatic carboxylic acids is 1. The van der Waals surface area contributed by atoms with Crippen LogP contribution in [0, 0.1) is 17.7 Å². The number of likely N-dealkylation sites (tertiary alicyclic amines) is 1. The van der Waals surface area contributed by atoms with Crippen LogP contribution < -0.4 is 5.32 Å². The molecule has 2 N–H and O–H groups in total. The van der Waals surface area contributed by atoms with Crippen molar-refractivity contribution < 1.29 is 23.9 Å². The van der Waals surface area contributed by atoms with Gasteiger partial charge in [-0.2, -0.15) is 0 Å². The predicted molar refractivity (Wildman–Crippen MR) is 114 cm³/mol. The third kappa shape index (κ3) is 6.65. The van der Waals surface area contributed by atoms with E-state index in [1.165, 1.54) is 24.3 Å². The molecule has 31 heavy (non-hydrogen) atoms. The highest BCUT2D eigenvalue weighted by Crippen LogP contribution is 2.30. The second-order valence-corrected chi connectivity index (χ2v) is 8.43. The second kappa shape index (κ2) is 10.6. The molecule has 1 aromatic rings. The number of piperazine rings is 1. The number of piperidine rings is 1. The van der Waals surface area contributed by atoms with Crippen molar-refractivity contribution in [1.82, 2.24) is 14.7 Å². The first-order chi connectivity index (χ1) is 14.8. The molecule has 2 saturated heterocycles. The van der Waals surface area contributed by atoms with Crippen molar-refractivity contribution in [3.8, 4) is 0 Å². The smallest absolute Gasteiger partial charge is 0.321 e.